The largest absolute Gasteiger partial charge is 0.334 e. The summed E-state index contributed by atoms with van der Waals surface area (Å²) in [6, 6.07) is 2.75. The van der Waals surface area contributed by atoms with Crippen molar-refractivity contribution < 1.29 is 18.0 Å². The van der Waals surface area contributed by atoms with Gasteiger partial charge in [0.15, 0.2) is 9.84 Å². The molecule has 0 spiro atoms. The van der Waals surface area contributed by atoms with Crippen LogP contribution >= 0.6 is 23.2 Å². The fourth-order valence-corrected chi connectivity index (χ4v) is 4.36. The predicted molar refractivity (Wildman–Crippen MR) is 93.3 cm³/mol. The Labute approximate surface area is 150 Å². The molecular formula is C14H17Cl2N3O4S. The Morgan fingerprint density at radius 3 is 2.58 bits per heavy atom. The molecule has 0 radical (unpaired) electrons. The minimum Gasteiger partial charge on any atom is -0.334 e. The first-order valence-corrected chi connectivity index (χ1v) is 9.77. The van der Waals surface area contributed by atoms with E-state index in [1.54, 1.807) is 12.1 Å². The van der Waals surface area contributed by atoms with E-state index in [1.165, 1.54) is 13.0 Å². The van der Waals surface area contributed by atoms with Crippen LogP contribution in [0.2, 0.25) is 10.0 Å². The van der Waals surface area contributed by atoms with Gasteiger partial charge in [-0.05, 0) is 31.5 Å². The summed E-state index contributed by atoms with van der Waals surface area (Å²) >= 11 is 11.7. The normalized spacial score (nSPS) is 20.2. The molecule has 7 nitrogen and oxygen atoms in total. The Kier molecular flexibility index (Phi) is 5.95. The van der Waals surface area contributed by atoms with Crippen LogP contribution in [0.5, 0.6) is 0 Å². The zero-order valence-electron chi connectivity index (χ0n) is 12.8. The number of carbonyl (C=O) groups is 2. The second-order valence-corrected chi connectivity index (χ2v) is 8.63. The predicted octanol–water partition coefficient (Wildman–Crippen LogP) is 1.81. The van der Waals surface area contributed by atoms with E-state index < -0.39 is 33.9 Å². The number of anilines is 1. The quantitative estimate of drug-likeness (QED) is 0.725. The van der Waals surface area contributed by atoms with Crippen LogP contribution in [-0.4, -0.2) is 43.9 Å². The summed E-state index contributed by atoms with van der Waals surface area (Å²) in [7, 11) is -3.08. The van der Waals surface area contributed by atoms with Crippen LogP contribution in [0.3, 0.4) is 0 Å². The molecule has 3 amide bonds. The molecule has 132 valence electrons. The molecule has 24 heavy (non-hydrogen) atoms. The fourth-order valence-electron chi connectivity index (χ4n) is 2.23. The third kappa shape index (κ3) is 5.25. The first-order chi connectivity index (χ1) is 11.2. The van der Waals surface area contributed by atoms with Gasteiger partial charge in [-0.2, -0.15) is 0 Å². The standard InChI is InChI=1S/C14H17Cl2N3O4S/c1-8(13(20)19-12-3-2-9(15)6-11(12)16)17-14(21)18-10-4-5-24(22,23)7-10/h2-3,6,8,10H,4-5,7H2,1H3,(H,19,20)(H2,17,18,21)/t8-,10?/m1/s1. The van der Waals surface area contributed by atoms with E-state index in [9.17, 15) is 18.0 Å². The van der Waals surface area contributed by atoms with E-state index in [-0.39, 0.29) is 16.5 Å². The molecule has 0 saturated carbocycles. The SMILES string of the molecule is C[C@@H](NC(=O)NC1CCS(=O)(=O)C1)C(=O)Nc1ccc(Cl)cc1Cl. The lowest BCUT2D eigenvalue weighted by molar-refractivity contribution is -0.117. The summed E-state index contributed by atoms with van der Waals surface area (Å²) in [4.78, 5) is 23.9. The monoisotopic (exact) mass is 393 g/mol. The summed E-state index contributed by atoms with van der Waals surface area (Å²) in [6.45, 7) is 1.50. The van der Waals surface area contributed by atoms with Crippen LogP contribution in [0, 0.1) is 0 Å². The summed E-state index contributed by atoms with van der Waals surface area (Å²) in [5.74, 6) is -0.488. The number of urea groups is 1. The summed E-state index contributed by atoms with van der Waals surface area (Å²) < 4.78 is 22.7. The van der Waals surface area contributed by atoms with Crippen LogP contribution in [0.1, 0.15) is 13.3 Å². The van der Waals surface area contributed by atoms with Gasteiger partial charge in [-0.1, -0.05) is 23.2 Å². The molecule has 10 heteroatoms. The number of benzene rings is 1. The topological polar surface area (TPSA) is 104 Å². The van der Waals surface area contributed by atoms with Gasteiger partial charge in [-0.3, -0.25) is 4.79 Å². The lowest BCUT2D eigenvalue weighted by atomic mass is 10.2. The molecule has 1 aliphatic rings. The smallest absolute Gasteiger partial charge is 0.315 e. The van der Waals surface area contributed by atoms with Crippen molar-refractivity contribution in [1.82, 2.24) is 10.6 Å². The lowest BCUT2D eigenvalue weighted by Gasteiger charge is -2.17. The van der Waals surface area contributed by atoms with Crippen LogP contribution in [0.4, 0.5) is 10.5 Å². The number of hydrogen-bond acceptors (Lipinski definition) is 4. The first-order valence-electron chi connectivity index (χ1n) is 7.19. The Bertz CT molecular complexity index is 754. The van der Waals surface area contributed by atoms with Crippen LogP contribution < -0.4 is 16.0 Å². The third-order valence-corrected chi connectivity index (χ3v) is 5.81. The molecule has 1 heterocycles. The minimum atomic E-state index is -3.08. The minimum absolute atomic E-state index is 0.0586. The maximum absolute atomic E-state index is 12.1. The van der Waals surface area contributed by atoms with E-state index in [4.69, 9.17) is 23.2 Å². The molecule has 0 bridgehead atoms. The average Bonchev–Trinajstić information content (AvgIpc) is 2.80. The summed E-state index contributed by atoms with van der Waals surface area (Å²) in [5, 5.41) is 8.31. The van der Waals surface area contributed by atoms with Crippen molar-refractivity contribution in [3.05, 3.63) is 28.2 Å². The molecule has 2 atom stereocenters. The van der Waals surface area contributed by atoms with Crippen molar-refractivity contribution in [2.45, 2.75) is 25.4 Å². The van der Waals surface area contributed by atoms with Gasteiger partial charge >= 0.3 is 6.03 Å². The Balaban J connectivity index is 1.86. The van der Waals surface area contributed by atoms with E-state index in [0.29, 0.717) is 17.1 Å². The van der Waals surface area contributed by atoms with Gasteiger partial charge in [0.05, 0.1) is 22.2 Å². The molecule has 3 N–H and O–H groups in total. The second kappa shape index (κ2) is 7.58. The second-order valence-electron chi connectivity index (χ2n) is 5.55. The fraction of sp³-hybridized carbons (Fsp3) is 0.429. The van der Waals surface area contributed by atoms with E-state index in [0.717, 1.165) is 0 Å². The molecule has 2 rings (SSSR count). The van der Waals surface area contributed by atoms with Gasteiger partial charge < -0.3 is 16.0 Å². The van der Waals surface area contributed by atoms with E-state index >= 15 is 0 Å². The van der Waals surface area contributed by atoms with Gasteiger partial charge in [-0.25, -0.2) is 13.2 Å². The zero-order chi connectivity index (χ0) is 17.9. The Morgan fingerprint density at radius 2 is 2.00 bits per heavy atom. The first kappa shape index (κ1) is 18.8. The van der Waals surface area contributed by atoms with Crippen molar-refractivity contribution in [2.75, 3.05) is 16.8 Å². The van der Waals surface area contributed by atoms with Gasteiger partial charge in [0, 0.05) is 11.1 Å². The molecule has 1 saturated heterocycles. The average molecular weight is 394 g/mol. The van der Waals surface area contributed by atoms with Crippen molar-refractivity contribution in [2.24, 2.45) is 0 Å². The molecule has 1 aromatic carbocycles. The van der Waals surface area contributed by atoms with Crippen molar-refractivity contribution in [3.63, 3.8) is 0 Å². The molecule has 1 aromatic rings. The van der Waals surface area contributed by atoms with Crippen LogP contribution in [0.25, 0.3) is 0 Å². The van der Waals surface area contributed by atoms with Gasteiger partial charge in [0.25, 0.3) is 0 Å². The maximum Gasteiger partial charge on any atom is 0.315 e. The molecular weight excluding hydrogens is 377 g/mol. The van der Waals surface area contributed by atoms with Crippen LogP contribution in [-0.2, 0) is 14.6 Å². The highest BCUT2D eigenvalue weighted by molar-refractivity contribution is 7.91. The third-order valence-electron chi connectivity index (χ3n) is 3.50. The van der Waals surface area contributed by atoms with Crippen LogP contribution in [0.15, 0.2) is 18.2 Å². The highest BCUT2D eigenvalue weighted by Crippen LogP contribution is 2.25. The number of sulfone groups is 1. The molecule has 1 unspecified atom stereocenters. The Hall–Kier alpha value is -1.51. The van der Waals surface area contributed by atoms with Gasteiger partial charge in [0.1, 0.15) is 6.04 Å². The number of amides is 3. The molecule has 0 aromatic heterocycles. The molecule has 0 aliphatic carbocycles. The molecule has 1 fully saturated rings. The van der Waals surface area contributed by atoms with E-state index in [1.807, 2.05) is 0 Å². The Morgan fingerprint density at radius 1 is 1.29 bits per heavy atom. The van der Waals surface area contributed by atoms with Crippen molar-refractivity contribution in [3.8, 4) is 0 Å². The van der Waals surface area contributed by atoms with Crippen molar-refractivity contribution in [1.29, 1.82) is 0 Å². The highest BCUT2D eigenvalue weighted by atomic mass is 35.5. The van der Waals surface area contributed by atoms with Gasteiger partial charge in [-0.15, -0.1) is 0 Å². The summed E-state index contributed by atoms with van der Waals surface area (Å²) in [6.07, 6.45) is 0.372. The number of nitrogens with one attached hydrogen (secondary N) is 3. The lowest BCUT2D eigenvalue weighted by Crippen LogP contribution is -2.49. The summed E-state index contributed by atoms with van der Waals surface area (Å²) in [5.41, 5.74) is 0.377. The zero-order valence-corrected chi connectivity index (χ0v) is 15.1. The molecule has 1 aliphatic heterocycles. The number of hydrogen-bond donors (Lipinski definition) is 3. The number of carbonyl (C=O) groups excluding carboxylic acids is 2. The number of rotatable bonds is 4. The number of halogens is 2. The van der Waals surface area contributed by atoms with Gasteiger partial charge in [0.2, 0.25) is 5.91 Å². The highest BCUT2D eigenvalue weighted by Gasteiger charge is 2.29. The van der Waals surface area contributed by atoms with Crippen molar-refractivity contribution >= 4 is 50.7 Å². The van der Waals surface area contributed by atoms with E-state index in [2.05, 4.69) is 16.0 Å². The maximum atomic E-state index is 12.1.